The van der Waals surface area contributed by atoms with E-state index in [1.807, 2.05) is 30.3 Å². The summed E-state index contributed by atoms with van der Waals surface area (Å²) < 4.78 is 39.7. The van der Waals surface area contributed by atoms with Crippen LogP contribution in [0, 0.1) is 0 Å². The van der Waals surface area contributed by atoms with Gasteiger partial charge in [-0.25, -0.2) is 0 Å². The third-order valence-electron chi connectivity index (χ3n) is 3.18. The highest BCUT2D eigenvalue weighted by Crippen LogP contribution is 2.34. The molecule has 0 fully saturated rings. The summed E-state index contributed by atoms with van der Waals surface area (Å²) in [4.78, 5) is 0. The van der Waals surface area contributed by atoms with E-state index in [2.05, 4.69) is 5.32 Å². The fourth-order valence-corrected chi connectivity index (χ4v) is 2.11. The van der Waals surface area contributed by atoms with Crippen LogP contribution in [0.4, 0.5) is 13.2 Å². The molecule has 2 aromatic rings. The Balaban J connectivity index is 2.22. The second kappa shape index (κ2) is 6.09. The summed E-state index contributed by atoms with van der Waals surface area (Å²) in [6, 6.07) is 15.0. The Labute approximate surface area is 116 Å². The first-order chi connectivity index (χ1) is 9.48. The van der Waals surface area contributed by atoms with E-state index in [0.717, 1.165) is 5.56 Å². The van der Waals surface area contributed by atoms with E-state index in [1.165, 1.54) is 12.1 Å². The average Bonchev–Trinajstić information content (AvgIpc) is 2.45. The highest BCUT2D eigenvalue weighted by atomic mass is 19.4. The van der Waals surface area contributed by atoms with Gasteiger partial charge in [-0.2, -0.15) is 13.2 Å². The molecule has 0 aromatic heterocycles. The molecule has 2 rings (SSSR count). The monoisotopic (exact) mass is 279 g/mol. The number of nitrogens with one attached hydrogen (secondary N) is 1. The SMILES string of the molecule is C[C@H](NC(c1ccccc1)C(F)(F)F)c1ccccc1. The summed E-state index contributed by atoms with van der Waals surface area (Å²) in [5.74, 6) is 0. The van der Waals surface area contributed by atoms with E-state index >= 15 is 0 Å². The van der Waals surface area contributed by atoms with Crippen molar-refractivity contribution in [2.24, 2.45) is 0 Å². The maximum absolute atomic E-state index is 13.2. The van der Waals surface area contributed by atoms with Gasteiger partial charge in [-0.3, -0.25) is 5.32 Å². The van der Waals surface area contributed by atoms with Crippen LogP contribution in [0.25, 0.3) is 0 Å². The Kier molecular flexibility index (Phi) is 4.45. The van der Waals surface area contributed by atoms with Gasteiger partial charge in [-0.1, -0.05) is 60.7 Å². The highest BCUT2D eigenvalue weighted by Gasteiger charge is 2.41. The van der Waals surface area contributed by atoms with Crippen LogP contribution in [0.3, 0.4) is 0 Å². The highest BCUT2D eigenvalue weighted by molar-refractivity contribution is 5.23. The molecule has 1 unspecified atom stereocenters. The normalized spacial score (nSPS) is 14.8. The summed E-state index contributed by atoms with van der Waals surface area (Å²) in [5.41, 5.74) is 1.06. The molecule has 0 bridgehead atoms. The smallest absolute Gasteiger partial charge is 0.296 e. The summed E-state index contributed by atoms with van der Waals surface area (Å²) in [7, 11) is 0. The molecular weight excluding hydrogens is 263 g/mol. The standard InChI is InChI=1S/C16H16F3N/c1-12(13-8-4-2-5-9-13)20-15(16(17,18)19)14-10-6-3-7-11-14/h2-12,15,20H,1H3/t12-,15?/m0/s1. The van der Waals surface area contributed by atoms with Gasteiger partial charge < -0.3 is 0 Å². The van der Waals surface area contributed by atoms with Gasteiger partial charge in [0.05, 0.1) is 0 Å². The van der Waals surface area contributed by atoms with E-state index in [4.69, 9.17) is 0 Å². The van der Waals surface area contributed by atoms with Crippen molar-refractivity contribution in [3.05, 3.63) is 71.8 Å². The maximum atomic E-state index is 13.2. The zero-order valence-corrected chi connectivity index (χ0v) is 11.1. The van der Waals surface area contributed by atoms with Crippen LogP contribution in [0.5, 0.6) is 0 Å². The van der Waals surface area contributed by atoms with Crippen LogP contribution < -0.4 is 5.32 Å². The predicted octanol–water partition coefficient (Wildman–Crippen LogP) is 4.64. The van der Waals surface area contributed by atoms with Crippen molar-refractivity contribution < 1.29 is 13.2 Å². The van der Waals surface area contributed by atoms with Crippen LogP contribution in [0.15, 0.2) is 60.7 Å². The minimum atomic E-state index is -4.33. The van der Waals surface area contributed by atoms with Gasteiger partial charge in [-0.15, -0.1) is 0 Å². The molecule has 106 valence electrons. The van der Waals surface area contributed by atoms with Crippen LogP contribution in [-0.4, -0.2) is 6.18 Å². The number of halogens is 3. The summed E-state index contributed by atoms with van der Waals surface area (Å²) in [6.45, 7) is 1.73. The number of hydrogen-bond donors (Lipinski definition) is 1. The second-order valence-electron chi connectivity index (χ2n) is 4.68. The number of hydrogen-bond acceptors (Lipinski definition) is 1. The topological polar surface area (TPSA) is 12.0 Å². The molecule has 0 aliphatic carbocycles. The van der Waals surface area contributed by atoms with Crippen molar-refractivity contribution in [2.45, 2.75) is 25.2 Å². The molecule has 0 saturated heterocycles. The first-order valence-electron chi connectivity index (χ1n) is 6.41. The molecular formula is C16H16F3N. The molecule has 0 radical (unpaired) electrons. The average molecular weight is 279 g/mol. The fourth-order valence-electron chi connectivity index (χ4n) is 2.11. The minimum Gasteiger partial charge on any atom is -0.296 e. The molecule has 0 amide bonds. The Hall–Kier alpha value is -1.81. The molecule has 2 aromatic carbocycles. The van der Waals surface area contributed by atoms with E-state index in [1.54, 1.807) is 25.1 Å². The van der Waals surface area contributed by atoms with Crippen molar-refractivity contribution in [1.82, 2.24) is 5.32 Å². The number of alkyl halides is 3. The molecule has 4 heteroatoms. The van der Waals surface area contributed by atoms with E-state index in [-0.39, 0.29) is 11.6 Å². The largest absolute Gasteiger partial charge is 0.407 e. The van der Waals surface area contributed by atoms with Crippen molar-refractivity contribution in [3.63, 3.8) is 0 Å². The van der Waals surface area contributed by atoms with Gasteiger partial charge >= 0.3 is 6.18 Å². The molecule has 1 nitrogen and oxygen atoms in total. The zero-order chi connectivity index (χ0) is 14.6. The van der Waals surface area contributed by atoms with Crippen molar-refractivity contribution in [1.29, 1.82) is 0 Å². The van der Waals surface area contributed by atoms with Crippen molar-refractivity contribution >= 4 is 0 Å². The third-order valence-corrected chi connectivity index (χ3v) is 3.18. The third kappa shape index (κ3) is 3.61. The van der Waals surface area contributed by atoms with Gasteiger partial charge in [0, 0.05) is 6.04 Å². The van der Waals surface area contributed by atoms with Gasteiger partial charge in [0.1, 0.15) is 6.04 Å². The molecule has 1 N–H and O–H groups in total. The molecule has 2 atom stereocenters. The van der Waals surface area contributed by atoms with Crippen molar-refractivity contribution in [3.8, 4) is 0 Å². The molecule has 0 heterocycles. The lowest BCUT2D eigenvalue weighted by molar-refractivity contribution is -0.159. The second-order valence-corrected chi connectivity index (χ2v) is 4.68. The molecule has 0 aliphatic heterocycles. The molecule has 20 heavy (non-hydrogen) atoms. The van der Waals surface area contributed by atoms with Crippen molar-refractivity contribution in [2.75, 3.05) is 0 Å². The quantitative estimate of drug-likeness (QED) is 0.859. The predicted molar refractivity (Wildman–Crippen MR) is 73.2 cm³/mol. The van der Waals surface area contributed by atoms with Gasteiger partial charge in [0.2, 0.25) is 0 Å². The van der Waals surface area contributed by atoms with E-state index < -0.39 is 12.2 Å². The lowest BCUT2D eigenvalue weighted by atomic mass is 10.0. The van der Waals surface area contributed by atoms with Gasteiger partial charge in [0.25, 0.3) is 0 Å². The first kappa shape index (κ1) is 14.6. The zero-order valence-electron chi connectivity index (χ0n) is 11.1. The fraction of sp³-hybridized carbons (Fsp3) is 0.250. The van der Waals surface area contributed by atoms with Gasteiger partial charge in [0.15, 0.2) is 0 Å². The van der Waals surface area contributed by atoms with Crippen LogP contribution in [0.2, 0.25) is 0 Å². The number of rotatable bonds is 4. The maximum Gasteiger partial charge on any atom is 0.407 e. The van der Waals surface area contributed by atoms with E-state index in [0.29, 0.717) is 0 Å². The summed E-state index contributed by atoms with van der Waals surface area (Å²) in [6.07, 6.45) is -4.33. The molecule has 0 spiro atoms. The Bertz CT molecular complexity index is 522. The summed E-state index contributed by atoms with van der Waals surface area (Å²) in [5, 5.41) is 2.66. The van der Waals surface area contributed by atoms with Crippen LogP contribution in [-0.2, 0) is 0 Å². The first-order valence-corrected chi connectivity index (χ1v) is 6.41. The Morgan fingerprint density at radius 2 is 1.25 bits per heavy atom. The van der Waals surface area contributed by atoms with Gasteiger partial charge in [-0.05, 0) is 18.1 Å². The van der Waals surface area contributed by atoms with E-state index in [9.17, 15) is 13.2 Å². The summed E-state index contributed by atoms with van der Waals surface area (Å²) >= 11 is 0. The minimum absolute atomic E-state index is 0.225. The van der Waals surface area contributed by atoms with Crippen LogP contribution in [0.1, 0.15) is 30.1 Å². The lowest BCUT2D eigenvalue weighted by Crippen LogP contribution is -2.35. The van der Waals surface area contributed by atoms with Crippen LogP contribution >= 0.6 is 0 Å². The molecule has 0 saturated carbocycles. The molecule has 0 aliphatic rings. The number of benzene rings is 2. The lowest BCUT2D eigenvalue weighted by Gasteiger charge is -2.26. The Morgan fingerprint density at radius 3 is 1.70 bits per heavy atom. The Morgan fingerprint density at radius 1 is 0.800 bits per heavy atom.